The first-order valence-electron chi connectivity index (χ1n) is 20.2. The maximum absolute atomic E-state index is 5.21. The maximum atomic E-state index is 5.21. The van der Waals surface area contributed by atoms with E-state index in [1.54, 1.807) is 0 Å². The zero-order chi connectivity index (χ0) is 40.5. The first-order chi connectivity index (χ1) is 30.2. The quantitative estimate of drug-likeness (QED) is 0.153. The molecule has 0 fully saturated rings. The van der Waals surface area contributed by atoms with Gasteiger partial charge in [-0.25, -0.2) is 29.9 Å². The maximum Gasteiger partial charge on any atom is 0.166 e. The van der Waals surface area contributed by atoms with E-state index >= 15 is 0 Å². The fraction of sp³-hybridized carbons (Fsp3) is 0. The Hall–Kier alpha value is -8.42. The van der Waals surface area contributed by atoms with Crippen molar-refractivity contribution in [1.82, 2.24) is 34.5 Å². The molecule has 7 heteroatoms. The Balaban J connectivity index is 1.22. The molecule has 61 heavy (non-hydrogen) atoms. The van der Waals surface area contributed by atoms with Crippen molar-refractivity contribution in [2.45, 2.75) is 0 Å². The van der Waals surface area contributed by atoms with Crippen molar-refractivity contribution >= 4 is 21.8 Å². The van der Waals surface area contributed by atoms with E-state index in [-0.39, 0.29) is 0 Å². The van der Waals surface area contributed by atoms with Gasteiger partial charge in [0.1, 0.15) is 0 Å². The van der Waals surface area contributed by atoms with Crippen LogP contribution in [0.4, 0.5) is 0 Å². The number of fused-ring (bicyclic) bond motifs is 3. The van der Waals surface area contributed by atoms with E-state index in [1.165, 1.54) is 0 Å². The van der Waals surface area contributed by atoms with Crippen LogP contribution in [0.5, 0.6) is 0 Å². The first kappa shape index (κ1) is 35.7. The molecule has 11 rings (SSSR count). The lowest BCUT2D eigenvalue weighted by Crippen LogP contribution is -2.03. The molecule has 3 aromatic heterocycles. The third-order valence-corrected chi connectivity index (χ3v) is 10.9. The summed E-state index contributed by atoms with van der Waals surface area (Å²) in [4.78, 5) is 30.9. The molecular formula is C54H35N7. The molecule has 0 spiro atoms. The minimum absolute atomic E-state index is 0.572. The molecule has 0 aliphatic rings. The van der Waals surface area contributed by atoms with Crippen LogP contribution in [-0.4, -0.2) is 34.5 Å². The fourth-order valence-corrected chi connectivity index (χ4v) is 8.03. The van der Waals surface area contributed by atoms with Gasteiger partial charge in [0.05, 0.1) is 11.0 Å². The molecule has 7 nitrogen and oxygen atoms in total. The number of aromatic nitrogens is 7. The molecule has 0 amide bonds. The van der Waals surface area contributed by atoms with Crippen LogP contribution in [0.2, 0.25) is 0 Å². The summed E-state index contributed by atoms with van der Waals surface area (Å²) in [6.45, 7) is 0. The van der Waals surface area contributed by atoms with Crippen molar-refractivity contribution in [3.63, 3.8) is 0 Å². The topological polar surface area (TPSA) is 82.3 Å². The molecule has 0 N–H and O–H groups in total. The van der Waals surface area contributed by atoms with E-state index in [1.807, 2.05) is 127 Å². The Morgan fingerprint density at radius 1 is 0.230 bits per heavy atom. The molecule has 0 aliphatic carbocycles. The van der Waals surface area contributed by atoms with Crippen LogP contribution in [-0.2, 0) is 0 Å². The lowest BCUT2D eigenvalue weighted by Gasteiger charge is -2.15. The average molecular weight is 782 g/mol. The molecule has 0 unspecified atom stereocenters. The number of benzene rings is 8. The van der Waals surface area contributed by atoms with Crippen molar-refractivity contribution in [2.75, 3.05) is 0 Å². The van der Waals surface area contributed by atoms with Gasteiger partial charge in [-0.15, -0.1) is 0 Å². The lowest BCUT2D eigenvalue weighted by molar-refractivity contribution is 1.07. The SMILES string of the molecule is c1ccc(-c2ccc(-n3c4c(-c5nc(-c6ccccc6)nc(-c6ccccc6)n5)cccc4c4cccc(-c5nc(-c6ccccc6)nc(-c6ccccc6)n5)c43)cc2)cc1. The second-order valence-electron chi connectivity index (χ2n) is 14.7. The third kappa shape index (κ3) is 6.70. The number of hydrogen-bond acceptors (Lipinski definition) is 6. The monoisotopic (exact) mass is 781 g/mol. The van der Waals surface area contributed by atoms with E-state index in [9.17, 15) is 0 Å². The van der Waals surface area contributed by atoms with Gasteiger partial charge in [0.15, 0.2) is 34.9 Å². The van der Waals surface area contributed by atoms with Gasteiger partial charge in [0, 0.05) is 49.8 Å². The van der Waals surface area contributed by atoms with E-state index < -0.39 is 0 Å². The Kier molecular flexibility index (Phi) is 9.02. The number of hydrogen-bond donors (Lipinski definition) is 0. The van der Waals surface area contributed by atoms with Gasteiger partial charge in [-0.3, -0.25) is 0 Å². The number of para-hydroxylation sites is 2. The van der Waals surface area contributed by atoms with Crippen LogP contribution < -0.4 is 0 Å². The van der Waals surface area contributed by atoms with Crippen LogP contribution in [0.3, 0.4) is 0 Å². The number of rotatable bonds is 8. The normalized spacial score (nSPS) is 11.3. The molecule has 286 valence electrons. The molecule has 8 aromatic carbocycles. The smallest absolute Gasteiger partial charge is 0.166 e. The van der Waals surface area contributed by atoms with E-state index in [2.05, 4.69) is 89.5 Å². The predicted octanol–water partition coefficient (Wildman–Crippen LogP) is 12.8. The van der Waals surface area contributed by atoms with Crippen molar-refractivity contribution in [3.8, 4) is 85.1 Å². The van der Waals surface area contributed by atoms with Crippen molar-refractivity contribution in [2.24, 2.45) is 0 Å². The minimum atomic E-state index is 0.572. The summed E-state index contributed by atoms with van der Waals surface area (Å²) in [5.74, 6) is 3.55. The highest BCUT2D eigenvalue weighted by Gasteiger charge is 2.24. The molecule has 0 atom stereocenters. The zero-order valence-electron chi connectivity index (χ0n) is 32.8. The summed E-state index contributed by atoms with van der Waals surface area (Å²) in [5, 5.41) is 2.09. The van der Waals surface area contributed by atoms with Crippen LogP contribution >= 0.6 is 0 Å². The van der Waals surface area contributed by atoms with Crippen LogP contribution in [0.25, 0.3) is 107 Å². The summed E-state index contributed by atoms with van der Waals surface area (Å²) < 4.78 is 2.33. The molecule has 11 aromatic rings. The molecule has 0 bridgehead atoms. The highest BCUT2D eigenvalue weighted by Crippen LogP contribution is 2.42. The van der Waals surface area contributed by atoms with Crippen LogP contribution in [0, 0.1) is 0 Å². The molecule has 0 saturated heterocycles. The average Bonchev–Trinajstić information content (AvgIpc) is 3.70. The van der Waals surface area contributed by atoms with Gasteiger partial charge >= 0.3 is 0 Å². The Bertz CT molecular complexity index is 3020. The first-order valence-corrected chi connectivity index (χ1v) is 20.2. The Morgan fingerprint density at radius 2 is 0.525 bits per heavy atom. The van der Waals surface area contributed by atoms with E-state index in [0.717, 1.165) is 72.0 Å². The Labute approximate surface area is 352 Å². The lowest BCUT2D eigenvalue weighted by atomic mass is 10.1. The highest BCUT2D eigenvalue weighted by atomic mass is 15.1. The van der Waals surface area contributed by atoms with Gasteiger partial charge < -0.3 is 4.57 Å². The summed E-state index contributed by atoms with van der Waals surface area (Å²) in [7, 11) is 0. The van der Waals surface area contributed by atoms with Crippen LogP contribution in [0.15, 0.2) is 212 Å². The summed E-state index contributed by atoms with van der Waals surface area (Å²) in [6.07, 6.45) is 0. The summed E-state index contributed by atoms with van der Waals surface area (Å²) >= 11 is 0. The molecule has 0 aliphatic heterocycles. The summed E-state index contributed by atoms with van der Waals surface area (Å²) in [6, 6.07) is 72.3. The molecule has 3 heterocycles. The largest absolute Gasteiger partial charge is 0.308 e. The molecule has 0 saturated carbocycles. The molecule has 0 radical (unpaired) electrons. The molecular weight excluding hydrogens is 747 g/mol. The number of nitrogens with zero attached hydrogens (tertiary/aromatic N) is 7. The Morgan fingerprint density at radius 3 is 0.869 bits per heavy atom. The second-order valence-corrected chi connectivity index (χ2v) is 14.7. The van der Waals surface area contributed by atoms with Gasteiger partial charge in [-0.2, -0.15) is 0 Å². The van der Waals surface area contributed by atoms with E-state index in [4.69, 9.17) is 29.9 Å². The van der Waals surface area contributed by atoms with Gasteiger partial charge in [0.2, 0.25) is 0 Å². The van der Waals surface area contributed by atoms with Crippen molar-refractivity contribution in [3.05, 3.63) is 212 Å². The van der Waals surface area contributed by atoms with Gasteiger partial charge in [-0.1, -0.05) is 188 Å². The summed E-state index contributed by atoms with van der Waals surface area (Å²) in [5.41, 5.74) is 10.5. The van der Waals surface area contributed by atoms with E-state index in [0.29, 0.717) is 34.9 Å². The van der Waals surface area contributed by atoms with Crippen molar-refractivity contribution < 1.29 is 0 Å². The highest BCUT2D eigenvalue weighted by molar-refractivity contribution is 6.16. The fourth-order valence-electron chi connectivity index (χ4n) is 8.03. The van der Waals surface area contributed by atoms with Crippen molar-refractivity contribution in [1.29, 1.82) is 0 Å². The van der Waals surface area contributed by atoms with Gasteiger partial charge in [0.25, 0.3) is 0 Å². The van der Waals surface area contributed by atoms with Gasteiger partial charge in [-0.05, 0) is 35.4 Å². The third-order valence-electron chi connectivity index (χ3n) is 10.9. The standard InChI is InChI=1S/C54H35N7/c1-6-18-36(19-7-1)37-32-34-42(35-33-37)61-47-43(28-16-30-45(47)53-57-49(38-20-8-2-9-21-38)55-50(58-53)39-22-10-3-11-23-39)44-29-17-31-46(48(44)61)54-59-51(40-24-12-4-13-25-40)56-52(60-54)41-26-14-5-15-27-41/h1-35H. The van der Waals surface area contributed by atoms with Crippen LogP contribution in [0.1, 0.15) is 0 Å². The minimum Gasteiger partial charge on any atom is -0.308 e. The zero-order valence-corrected chi connectivity index (χ0v) is 32.8. The predicted molar refractivity (Wildman–Crippen MR) is 246 cm³/mol. The second kappa shape index (κ2) is 15.4.